The lowest BCUT2D eigenvalue weighted by Crippen LogP contribution is -2.26. The lowest BCUT2D eigenvalue weighted by molar-refractivity contribution is 0.682. The monoisotopic (exact) mass is 273 g/mol. The van der Waals surface area contributed by atoms with Crippen molar-refractivity contribution < 1.29 is 0 Å². The smallest absolute Gasteiger partial charge is 0.130 e. The van der Waals surface area contributed by atoms with Crippen molar-refractivity contribution in [1.29, 1.82) is 0 Å². The predicted octanol–water partition coefficient (Wildman–Crippen LogP) is 2.55. The molecule has 1 aliphatic rings. The lowest BCUT2D eigenvalue weighted by atomic mass is 10.2. The Labute approximate surface area is 96.2 Å². The molecule has 1 aromatic heterocycles. The van der Waals surface area contributed by atoms with Gasteiger partial charge in [0.05, 0.1) is 0 Å². The van der Waals surface area contributed by atoms with Gasteiger partial charge in [0.15, 0.2) is 0 Å². The second kappa shape index (κ2) is 4.98. The summed E-state index contributed by atoms with van der Waals surface area (Å²) in [6.45, 7) is 0. The third kappa shape index (κ3) is 2.85. The highest BCUT2D eigenvalue weighted by atomic mass is 79.9. The molecule has 0 spiro atoms. The Kier molecular flexibility index (Phi) is 3.64. The molecule has 0 amide bonds. The average Bonchev–Trinajstić information content (AvgIpc) is 2.19. The maximum absolute atomic E-state index is 4.17. The van der Waals surface area contributed by atoms with Gasteiger partial charge in [0, 0.05) is 17.9 Å². The second-order valence-corrected chi connectivity index (χ2v) is 5.25. The minimum atomic E-state index is 0.565. The maximum Gasteiger partial charge on any atom is 0.130 e. The summed E-state index contributed by atoms with van der Waals surface area (Å²) in [7, 11) is 0. The van der Waals surface area contributed by atoms with Gasteiger partial charge < -0.3 is 5.32 Å². The highest BCUT2D eigenvalue weighted by Crippen LogP contribution is 2.20. The summed E-state index contributed by atoms with van der Waals surface area (Å²) >= 11 is 5.34. The van der Waals surface area contributed by atoms with Crippen LogP contribution >= 0.6 is 27.7 Å². The molecule has 14 heavy (non-hydrogen) atoms. The number of thioether (sulfide) groups is 1. The molecule has 1 aromatic rings. The van der Waals surface area contributed by atoms with Crippen LogP contribution in [0, 0.1) is 0 Å². The van der Waals surface area contributed by atoms with Crippen LogP contribution in [0.4, 0.5) is 5.82 Å². The van der Waals surface area contributed by atoms with Gasteiger partial charge in [0.1, 0.15) is 16.7 Å². The topological polar surface area (TPSA) is 37.8 Å². The molecule has 0 saturated carbocycles. The number of aromatic nitrogens is 2. The van der Waals surface area contributed by atoms with E-state index in [4.69, 9.17) is 0 Å². The molecule has 5 heteroatoms. The summed E-state index contributed by atoms with van der Waals surface area (Å²) in [5.74, 6) is 3.40. The van der Waals surface area contributed by atoms with Gasteiger partial charge in [-0.3, -0.25) is 0 Å². The van der Waals surface area contributed by atoms with Crippen LogP contribution in [-0.2, 0) is 0 Å². The van der Waals surface area contributed by atoms with Gasteiger partial charge in [0.2, 0.25) is 0 Å². The molecule has 0 radical (unpaired) electrons. The molecule has 0 bridgehead atoms. The maximum atomic E-state index is 4.17. The number of anilines is 1. The van der Waals surface area contributed by atoms with Crippen molar-refractivity contribution in [3.8, 4) is 0 Å². The van der Waals surface area contributed by atoms with Gasteiger partial charge in [-0.15, -0.1) is 0 Å². The van der Waals surface area contributed by atoms with Crippen LogP contribution in [-0.4, -0.2) is 27.5 Å². The van der Waals surface area contributed by atoms with Crippen molar-refractivity contribution in [3.05, 3.63) is 17.0 Å². The van der Waals surface area contributed by atoms with E-state index in [2.05, 4.69) is 31.2 Å². The molecule has 1 atom stereocenters. The fraction of sp³-hybridized carbons (Fsp3) is 0.556. The number of rotatable bonds is 2. The molecular formula is C9H12BrN3S. The molecule has 2 rings (SSSR count). The fourth-order valence-electron chi connectivity index (χ4n) is 1.48. The van der Waals surface area contributed by atoms with Crippen LogP contribution in [0.5, 0.6) is 0 Å². The predicted molar refractivity (Wildman–Crippen MR) is 63.7 cm³/mol. The van der Waals surface area contributed by atoms with Crippen LogP contribution in [0.2, 0.25) is 0 Å². The van der Waals surface area contributed by atoms with Gasteiger partial charge in [-0.2, -0.15) is 11.8 Å². The minimum absolute atomic E-state index is 0.565. The van der Waals surface area contributed by atoms with E-state index < -0.39 is 0 Å². The Morgan fingerprint density at radius 3 is 3.14 bits per heavy atom. The Bertz CT molecular complexity index is 302. The molecule has 1 unspecified atom stereocenters. The molecule has 2 heterocycles. The first kappa shape index (κ1) is 10.2. The van der Waals surface area contributed by atoms with Crippen molar-refractivity contribution in [2.24, 2.45) is 0 Å². The van der Waals surface area contributed by atoms with Crippen molar-refractivity contribution in [3.63, 3.8) is 0 Å². The van der Waals surface area contributed by atoms with Crippen LogP contribution in [0.1, 0.15) is 12.8 Å². The number of hydrogen-bond donors (Lipinski definition) is 1. The van der Waals surface area contributed by atoms with Gasteiger partial charge in [-0.1, -0.05) is 0 Å². The molecule has 1 saturated heterocycles. The van der Waals surface area contributed by atoms with E-state index >= 15 is 0 Å². The largest absolute Gasteiger partial charge is 0.366 e. The third-order valence-corrected chi connectivity index (χ3v) is 3.80. The molecule has 3 nitrogen and oxygen atoms in total. The summed E-state index contributed by atoms with van der Waals surface area (Å²) in [6.07, 6.45) is 4.12. The second-order valence-electron chi connectivity index (χ2n) is 3.28. The molecular weight excluding hydrogens is 262 g/mol. The minimum Gasteiger partial charge on any atom is -0.366 e. The zero-order valence-corrected chi connectivity index (χ0v) is 10.1. The molecule has 1 fully saturated rings. The zero-order valence-electron chi connectivity index (χ0n) is 7.74. The van der Waals surface area contributed by atoms with Gasteiger partial charge in [-0.25, -0.2) is 9.97 Å². The molecule has 76 valence electrons. The van der Waals surface area contributed by atoms with E-state index in [1.54, 1.807) is 6.33 Å². The molecule has 0 aliphatic carbocycles. The SMILES string of the molecule is Brc1cc(NC2CCCSC2)ncn1. The molecule has 1 N–H and O–H groups in total. The van der Waals surface area contributed by atoms with Crippen LogP contribution in [0.15, 0.2) is 17.0 Å². The van der Waals surface area contributed by atoms with Crippen molar-refractivity contribution in [2.45, 2.75) is 18.9 Å². The van der Waals surface area contributed by atoms with Gasteiger partial charge in [-0.05, 0) is 34.5 Å². The van der Waals surface area contributed by atoms with Gasteiger partial charge in [0.25, 0.3) is 0 Å². The Morgan fingerprint density at radius 1 is 1.50 bits per heavy atom. The van der Waals surface area contributed by atoms with Crippen LogP contribution in [0.25, 0.3) is 0 Å². The Hall–Kier alpha value is -0.290. The first-order valence-electron chi connectivity index (χ1n) is 4.66. The summed E-state index contributed by atoms with van der Waals surface area (Å²) in [5.41, 5.74) is 0. The molecule has 0 aromatic carbocycles. The highest BCUT2D eigenvalue weighted by molar-refractivity contribution is 9.10. The van der Waals surface area contributed by atoms with E-state index in [-0.39, 0.29) is 0 Å². The zero-order chi connectivity index (χ0) is 9.80. The number of nitrogens with one attached hydrogen (secondary N) is 1. The quantitative estimate of drug-likeness (QED) is 0.841. The first-order valence-corrected chi connectivity index (χ1v) is 6.61. The Balaban J connectivity index is 1.95. The van der Waals surface area contributed by atoms with E-state index in [1.165, 1.54) is 24.3 Å². The van der Waals surface area contributed by atoms with Crippen LogP contribution in [0.3, 0.4) is 0 Å². The normalized spacial score (nSPS) is 21.9. The molecule has 1 aliphatic heterocycles. The van der Waals surface area contributed by atoms with Crippen LogP contribution < -0.4 is 5.32 Å². The van der Waals surface area contributed by atoms with E-state index in [0.717, 1.165) is 10.4 Å². The number of hydrogen-bond acceptors (Lipinski definition) is 4. The Morgan fingerprint density at radius 2 is 2.43 bits per heavy atom. The number of halogens is 1. The summed E-state index contributed by atoms with van der Waals surface area (Å²) in [6, 6.07) is 2.48. The van der Waals surface area contributed by atoms with E-state index in [9.17, 15) is 0 Å². The van der Waals surface area contributed by atoms with E-state index in [0.29, 0.717) is 6.04 Å². The van der Waals surface area contributed by atoms with Crippen molar-refractivity contribution in [1.82, 2.24) is 9.97 Å². The first-order chi connectivity index (χ1) is 6.84. The summed E-state index contributed by atoms with van der Waals surface area (Å²) < 4.78 is 0.832. The standard InChI is InChI=1S/C9H12BrN3S/c10-8-4-9(12-6-11-8)13-7-2-1-3-14-5-7/h4,6-7H,1-3,5H2,(H,11,12,13). The number of nitrogens with zero attached hydrogens (tertiary/aromatic N) is 2. The van der Waals surface area contributed by atoms with E-state index in [1.807, 2.05) is 17.8 Å². The van der Waals surface area contributed by atoms with Crippen molar-refractivity contribution in [2.75, 3.05) is 16.8 Å². The lowest BCUT2D eigenvalue weighted by Gasteiger charge is -2.22. The van der Waals surface area contributed by atoms with Crippen molar-refractivity contribution >= 4 is 33.5 Å². The fourth-order valence-corrected chi connectivity index (χ4v) is 2.86. The summed E-state index contributed by atoms with van der Waals surface area (Å²) in [4.78, 5) is 8.17. The average molecular weight is 274 g/mol. The highest BCUT2D eigenvalue weighted by Gasteiger charge is 2.13. The third-order valence-electron chi connectivity index (χ3n) is 2.15. The summed E-state index contributed by atoms with van der Waals surface area (Å²) in [5, 5.41) is 3.42. The van der Waals surface area contributed by atoms with Gasteiger partial charge >= 0.3 is 0 Å².